The van der Waals surface area contributed by atoms with E-state index in [4.69, 9.17) is 0 Å². The van der Waals surface area contributed by atoms with Gasteiger partial charge in [-0.25, -0.2) is 0 Å². The van der Waals surface area contributed by atoms with Crippen LogP contribution in [0.2, 0.25) is 0 Å². The van der Waals surface area contributed by atoms with Crippen LogP contribution in [0.25, 0.3) is 0 Å². The van der Waals surface area contributed by atoms with Crippen LogP contribution in [-0.4, -0.2) is 19.0 Å². The standard InChI is InChI=1S/C7H16N2O/c1-7(2,3)6(10)9-5-4-8/h4-5,8H2,1-3H3,(H,9,10)/p+1. The molecule has 0 unspecified atom stereocenters. The minimum atomic E-state index is -0.269. The maximum atomic E-state index is 11.1. The van der Waals surface area contributed by atoms with E-state index in [1.807, 2.05) is 20.8 Å². The second-order valence-electron chi connectivity index (χ2n) is 3.36. The van der Waals surface area contributed by atoms with E-state index in [1.165, 1.54) is 0 Å². The normalized spacial score (nSPS) is 11.2. The fourth-order valence-corrected chi connectivity index (χ4v) is 0.467. The van der Waals surface area contributed by atoms with Crippen LogP contribution in [-0.2, 0) is 4.79 Å². The van der Waals surface area contributed by atoms with Gasteiger partial charge in [-0.2, -0.15) is 0 Å². The highest BCUT2D eigenvalue weighted by Gasteiger charge is 2.19. The summed E-state index contributed by atoms with van der Waals surface area (Å²) in [7, 11) is 0. The Balaban J connectivity index is 3.64. The molecule has 0 heterocycles. The van der Waals surface area contributed by atoms with E-state index in [2.05, 4.69) is 11.1 Å². The Labute approximate surface area is 62.0 Å². The minimum absolute atomic E-state index is 0.0937. The molecule has 0 aliphatic rings. The largest absolute Gasteiger partial charge is 0.356 e. The zero-order valence-corrected chi connectivity index (χ0v) is 7.03. The first-order valence-electron chi connectivity index (χ1n) is 3.56. The predicted molar refractivity (Wildman–Crippen MR) is 40.2 cm³/mol. The summed E-state index contributed by atoms with van der Waals surface area (Å²) in [4.78, 5) is 11.1. The molecule has 0 saturated heterocycles. The summed E-state index contributed by atoms with van der Waals surface area (Å²) in [6, 6.07) is 0. The molecule has 0 aromatic carbocycles. The molecule has 0 aliphatic carbocycles. The summed E-state index contributed by atoms with van der Waals surface area (Å²) >= 11 is 0. The zero-order valence-electron chi connectivity index (χ0n) is 7.03. The number of rotatable bonds is 2. The summed E-state index contributed by atoms with van der Waals surface area (Å²) in [5.41, 5.74) is 3.36. The Morgan fingerprint density at radius 3 is 2.30 bits per heavy atom. The average Bonchev–Trinajstić information content (AvgIpc) is 1.80. The lowest BCUT2D eigenvalue weighted by molar-refractivity contribution is -0.364. The second-order valence-corrected chi connectivity index (χ2v) is 3.36. The minimum Gasteiger partial charge on any atom is -0.356 e. The first-order chi connectivity index (χ1) is 4.48. The first kappa shape index (κ1) is 9.43. The summed E-state index contributed by atoms with van der Waals surface area (Å²) in [6.07, 6.45) is 0. The van der Waals surface area contributed by atoms with Crippen LogP contribution in [0, 0.1) is 5.41 Å². The first-order valence-corrected chi connectivity index (χ1v) is 3.56. The third-order valence-corrected chi connectivity index (χ3v) is 1.14. The average molecular weight is 145 g/mol. The molecule has 4 N–H and O–H groups in total. The van der Waals surface area contributed by atoms with Crippen LogP contribution in [0.4, 0.5) is 0 Å². The molecule has 60 valence electrons. The molecule has 1 amide bonds. The van der Waals surface area contributed by atoms with Crippen molar-refractivity contribution in [3.05, 3.63) is 0 Å². The van der Waals surface area contributed by atoms with Crippen molar-refractivity contribution < 1.29 is 10.5 Å². The molecule has 0 fully saturated rings. The van der Waals surface area contributed by atoms with Gasteiger partial charge >= 0.3 is 0 Å². The molecule has 0 saturated carbocycles. The lowest BCUT2D eigenvalue weighted by Crippen LogP contribution is -2.55. The quantitative estimate of drug-likeness (QED) is 0.535. The number of amides is 1. The Kier molecular flexibility index (Phi) is 3.36. The van der Waals surface area contributed by atoms with Crippen molar-refractivity contribution >= 4 is 5.91 Å². The predicted octanol–water partition coefficient (Wildman–Crippen LogP) is -0.609. The number of carbonyl (C=O) groups excluding carboxylic acids is 1. The third kappa shape index (κ3) is 3.45. The van der Waals surface area contributed by atoms with E-state index in [-0.39, 0.29) is 11.3 Å². The van der Waals surface area contributed by atoms with Crippen LogP contribution in [0.1, 0.15) is 20.8 Å². The number of hydrogen-bond donors (Lipinski definition) is 2. The summed E-state index contributed by atoms with van der Waals surface area (Å²) in [5, 5.41) is 2.77. The van der Waals surface area contributed by atoms with Crippen molar-refractivity contribution in [2.45, 2.75) is 20.8 Å². The molecule has 3 heteroatoms. The van der Waals surface area contributed by atoms with Gasteiger partial charge in [-0.05, 0) is 0 Å². The van der Waals surface area contributed by atoms with Gasteiger partial charge in [-0.15, -0.1) is 0 Å². The smallest absolute Gasteiger partial charge is 0.225 e. The van der Waals surface area contributed by atoms with Gasteiger partial charge < -0.3 is 11.1 Å². The van der Waals surface area contributed by atoms with E-state index in [0.29, 0.717) is 6.54 Å². The van der Waals surface area contributed by atoms with E-state index >= 15 is 0 Å². The number of hydrogen-bond acceptors (Lipinski definition) is 1. The van der Waals surface area contributed by atoms with Gasteiger partial charge in [-0.3, -0.25) is 4.79 Å². The van der Waals surface area contributed by atoms with Gasteiger partial charge in [0.1, 0.15) is 0 Å². The molecule has 0 atom stereocenters. The number of quaternary nitrogens is 1. The van der Waals surface area contributed by atoms with E-state index in [9.17, 15) is 4.79 Å². The Morgan fingerprint density at radius 1 is 1.50 bits per heavy atom. The van der Waals surface area contributed by atoms with Crippen molar-refractivity contribution in [1.29, 1.82) is 0 Å². The molecule has 10 heavy (non-hydrogen) atoms. The highest BCUT2D eigenvalue weighted by Crippen LogP contribution is 2.11. The second kappa shape index (κ2) is 3.56. The van der Waals surface area contributed by atoms with Crippen LogP contribution in [0.15, 0.2) is 0 Å². The molecular weight excluding hydrogens is 128 g/mol. The Hall–Kier alpha value is -0.570. The van der Waals surface area contributed by atoms with Crippen molar-refractivity contribution in [1.82, 2.24) is 5.32 Å². The summed E-state index contributed by atoms with van der Waals surface area (Å²) in [5.74, 6) is 0.0937. The van der Waals surface area contributed by atoms with Gasteiger partial charge in [0.05, 0.1) is 13.1 Å². The lowest BCUT2D eigenvalue weighted by atomic mass is 9.96. The van der Waals surface area contributed by atoms with E-state index < -0.39 is 0 Å². The Bertz CT molecular complexity index is 115. The molecular formula is C7H17N2O+. The molecule has 0 aromatic heterocycles. The maximum absolute atomic E-state index is 11.1. The maximum Gasteiger partial charge on any atom is 0.225 e. The lowest BCUT2D eigenvalue weighted by Gasteiger charge is -2.16. The molecule has 0 rings (SSSR count). The topological polar surface area (TPSA) is 56.7 Å². The van der Waals surface area contributed by atoms with Crippen molar-refractivity contribution in [3.8, 4) is 0 Å². The van der Waals surface area contributed by atoms with Gasteiger partial charge in [0.25, 0.3) is 0 Å². The molecule has 0 aromatic rings. The monoisotopic (exact) mass is 145 g/mol. The molecule has 0 aliphatic heterocycles. The van der Waals surface area contributed by atoms with Crippen LogP contribution in [0.5, 0.6) is 0 Å². The van der Waals surface area contributed by atoms with Crippen molar-refractivity contribution in [2.24, 2.45) is 5.41 Å². The molecule has 0 radical (unpaired) electrons. The molecule has 3 nitrogen and oxygen atoms in total. The zero-order chi connectivity index (χ0) is 8.20. The van der Waals surface area contributed by atoms with E-state index in [0.717, 1.165) is 6.54 Å². The SMILES string of the molecule is CC(C)(C)C(=O)NCC[NH3+]. The van der Waals surface area contributed by atoms with Gasteiger partial charge in [0, 0.05) is 5.41 Å². The number of carbonyl (C=O) groups is 1. The van der Waals surface area contributed by atoms with Crippen LogP contribution in [0.3, 0.4) is 0 Å². The van der Waals surface area contributed by atoms with Crippen LogP contribution < -0.4 is 11.1 Å². The number of nitrogens with one attached hydrogen (secondary N) is 1. The highest BCUT2D eigenvalue weighted by molar-refractivity contribution is 5.81. The van der Waals surface area contributed by atoms with Gasteiger partial charge in [0.2, 0.25) is 5.91 Å². The van der Waals surface area contributed by atoms with Gasteiger partial charge in [0.15, 0.2) is 0 Å². The van der Waals surface area contributed by atoms with E-state index in [1.54, 1.807) is 0 Å². The Morgan fingerprint density at radius 2 is 2.00 bits per heavy atom. The summed E-state index contributed by atoms with van der Waals surface area (Å²) in [6.45, 7) is 7.11. The third-order valence-electron chi connectivity index (χ3n) is 1.14. The summed E-state index contributed by atoms with van der Waals surface area (Å²) < 4.78 is 0. The van der Waals surface area contributed by atoms with Crippen molar-refractivity contribution in [3.63, 3.8) is 0 Å². The highest BCUT2D eigenvalue weighted by atomic mass is 16.2. The fraction of sp³-hybridized carbons (Fsp3) is 0.857. The van der Waals surface area contributed by atoms with Gasteiger partial charge in [-0.1, -0.05) is 20.8 Å². The van der Waals surface area contributed by atoms with Crippen molar-refractivity contribution in [2.75, 3.05) is 13.1 Å². The molecule has 0 spiro atoms. The van der Waals surface area contributed by atoms with Crippen LogP contribution >= 0.6 is 0 Å². The fourth-order valence-electron chi connectivity index (χ4n) is 0.467. The molecule has 0 bridgehead atoms.